The molecule has 94 valence electrons. The summed E-state index contributed by atoms with van der Waals surface area (Å²) >= 11 is 2.07. The summed E-state index contributed by atoms with van der Waals surface area (Å²) in [7, 11) is 0. The molecule has 0 bridgehead atoms. The van der Waals surface area contributed by atoms with Gasteiger partial charge < -0.3 is 14.4 Å². The van der Waals surface area contributed by atoms with Crippen LogP contribution in [0.25, 0.3) is 0 Å². The van der Waals surface area contributed by atoms with E-state index < -0.39 is 5.97 Å². The first kappa shape index (κ1) is 12.9. The van der Waals surface area contributed by atoms with Crippen molar-refractivity contribution in [3.05, 3.63) is 46.1 Å². The Labute approximate surface area is 118 Å². The number of hydrogen-bond donors (Lipinski definition) is 1. The van der Waals surface area contributed by atoms with E-state index in [1.165, 1.54) is 0 Å². The van der Waals surface area contributed by atoms with Gasteiger partial charge in [0.1, 0.15) is 17.9 Å². The van der Waals surface area contributed by atoms with Crippen LogP contribution in [0.1, 0.15) is 10.4 Å². The molecule has 0 saturated carbocycles. The molecule has 0 radical (unpaired) electrons. The lowest BCUT2D eigenvalue weighted by Crippen LogP contribution is -2.09. The number of aromatic nitrogens is 2. The summed E-state index contributed by atoms with van der Waals surface area (Å²) < 4.78 is 8.23. The summed E-state index contributed by atoms with van der Waals surface area (Å²) in [4.78, 5) is 15.0. The number of halogens is 1. The molecule has 0 unspecified atom stereocenters. The summed E-state index contributed by atoms with van der Waals surface area (Å²) in [6, 6.07) is 5.09. The quantitative estimate of drug-likeness (QED) is 0.833. The van der Waals surface area contributed by atoms with Crippen molar-refractivity contribution < 1.29 is 14.6 Å². The molecule has 18 heavy (non-hydrogen) atoms. The van der Waals surface area contributed by atoms with Crippen LogP contribution in [0.2, 0.25) is 0 Å². The third-order valence-electron chi connectivity index (χ3n) is 2.34. The van der Waals surface area contributed by atoms with Gasteiger partial charge in [0.05, 0.1) is 12.9 Å². The van der Waals surface area contributed by atoms with Gasteiger partial charge in [-0.15, -0.1) is 0 Å². The number of aromatic carboxylic acids is 1. The van der Waals surface area contributed by atoms with E-state index in [9.17, 15) is 4.79 Å². The zero-order chi connectivity index (χ0) is 13.0. The first-order valence-corrected chi connectivity index (χ1v) is 6.36. The summed E-state index contributed by atoms with van der Waals surface area (Å²) in [5, 5.41) is 9.07. The van der Waals surface area contributed by atoms with Crippen molar-refractivity contribution in [2.45, 2.75) is 6.54 Å². The fourth-order valence-corrected chi connectivity index (χ4v) is 1.97. The number of nitrogens with zero attached hydrogens (tertiary/aromatic N) is 2. The van der Waals surface area contributed by atoms with Crippen LogP contribution >= 0.6 is 22.6 Å². The van der Waals surface area contributed by atoms with Gasteiger partial charge in [-0.3, -0.25) is 0 Å². The summed E-state index contributed by atoms with van der Waals surface area (Å²) in [6.07, 6.45) is 5.21. The zero-order valence-electron chi connectivity index (χ0n) is 9.41. The first-order valence-electron chi connectivity index (χ1n) is 5.28. The largest absolute Gasteiger partial charge is 0.491 e. The minimum absolute atomic E-state index is 0.188. The van der Waals surface area contributed by atoms with Gasteiger partial charge in [-0.1, -0.05) is 0 Å². The van der Waals surface area contributed by atoms with Crippen LogP contribution in [0, 0.1) is 3.57 Å². The van der Waals surface area contributed by atoms with E-state index >= 15 is 0 Å². The van der Waals surface area contributed by atoms with Gasteiger partial charge in [0.25, 0.3) is 0 Å². The van der Waals surface area contributed by atoms with Crippen molar-refractivity contribution in [1.29, 1.82) is 0 Å². The fraction of sp³-hybridized carbons (Fsp3) is 0.167. The van der Waals surface area contributed by atoms with E-state index in [0.717, 1.165) is 3.57 Å². The Morgan fingerprint density at radius 1 is 1.50 bits per heavy atom. The minimum Gasteiger partial charge on any atom is -0.491 e. The number of carboxylic acid groups (broad SMARTS) is 1. The Bertz CT molecular complexity index is 540. The van der Waals surface area contributed by atoms with Crippen molar-refractivity contribution >= 4 is 28.6 Å². The van der Waals surface area contributed by atoms with Crippen molar-refractivity contribution in [2.24, 2.45) is 0 Å². The minimum atomic E-state index is -0.980. The van der Waals surface area contributed by atoms with Crippen LogP contribution in [-0.4, -0.2) is 27.2 Å². The smallest absolute Gasteiger partial charge is 0.339 e. The average Bonchev–Trinajstić information content (AvgIpc) is 2.84. The Kier molecular flexibility index (Phi) is 4.19. The van der Waals surface area contributed by atoms with E-state index in [1.54, 1.807) is 24.7 Å². The molecule has 2 aromatic rings. The number of carboxylic acids is 1. The molecular weight excluding hydrogens is 347 g/mol. The predicted molar refractivity (Wildman–Crippen MR) is 73.8 cm³/mol. The van der Waals surface area contributed by atoms with E-state index in [-0.39, 0.29) is 5.56 Å². The highest BCUT2D eigenvalue weighted by molar-refractivity contribution is 14.1. The molecule has 6 heteroatoms. The lowest BCUT2D eigenvalue weighted by atomic mass is 10.2. The van der Waals surface area contributed by atoms with E-state index in [4.69, 9.17) is 9.84 Å². The second-order valence-corrected chi connectivity index (χ2v) is 4.84. The lowest BCUT2D eigenvalue weighted by Gasteiger charge is -2.09. The van der Waals surface area contributed by atoms with E-state index in [2.05, 4.69) is 27.6 Å². The molecular formula is C12H11IN2O3. The molecule has 0 aliphatic rings. The molecule has 1 aromatic carbocycles. The highest BCUT2D eigenvalue weighted by Crippen LogP contribution is 2.21. The topological polar surface area (TPSA) is 64.3 Å². The van der Waals surface area contributed by atoms with Crippen LogP contribution in [0.5, 0.6) is 5.75 Å². The second-order valence-electron chi connectivity index (χ2n) is 3.59. The number of ether oxygens (including phenoxy) is 1. The van der Waals surface area contributed by atoms with Gasteiger partial charge in [0.15, 0.2) is 0 Å². The summed E-state index contributed by atoms with van der Waals surface area (Å²) in [5.41, 5.74) is 0.188. The van der Waals surface area contributed by atoms with Crippen molar-refractivity contribution in [2.75, 3.05) is 6.61 Å². The fourth-order valence-electron chi connectivity index (χ4n) is 1.48. The molecule has 0 amide bonds. The predicted octanol–water partition coefficient (Wildman–Crippen LogP) is 2.26. The third-order valence-corrected chi connectivity index (χ3v) is 3.01. The number of benzene rings is 1. The molecule has 0 atom stereocenters. The van der Waals surface area contributed by atoms with Crippen molar-refractivity contribution in [3.8, 4) is 5.75 Å². The molecule has 0 saturated heterocycles. The van der Waals surface area contributed by atoms with Gasteiger partial charge in [-0.05, 0) is 40.8 Å². The first-order chi connectivity index (χ1) is 8.66. The Morgan fingerprint density at radius 2 is 2.33 bits per heavy atom. The standard InChI is InChI=1S/C12H11IN2O3/c13-9-1-2-11(10(7-9)12(16)17)18-6-5-15-4-3-14-8-15/h1-4,7-8H,5-6H2,(H,16,17). The number of rotatable bonds is 5. The highest BCUT2D eigenvalue weighted by Gasteiger charge is 2.11. The maximum Gasteiger partial charge on any atom is 0.339 e. The highest BCUT2D eigenvalue weighted by atomic mass is 127. The van der Waals surface area contributed by atoms with E-state index in [0.29, 0.717) is 18.9 Å². The van der Waals surface area contributed by atoms with Crippen LogP contribution in [0.3, 0.4) is 0 Å². The van der Waals surface area contributed by atoms with Gasteiger partial charge in [-0.25, -0.2) is 9.78 Å². The van der Waals surface area contributed by atoms with Crippen LogP contribution < -0.4 is 4.74 Å². The molecule has 1 N–H and O–H groups in total. The SMILES string of the molecule is O=C(O)c1cc(I)ccc1OCCn1ccnc1. The van der Waals surface area contributed by atoms with Crippen LogP contribution in [0.15, 0.2) is 36.9 Å². The van der Waals surface area contributed by atoms with Gasteiger partial charge in [0.2, 0.25) is 0 Å². The summed E-state index contributed by atoms with van der Waals surface area (Å²) in [5.74, 6) is -0.589. The normalized spacial score (nSPS) is 10.3. The van der Waals surface area contributed by atoms with Crippen molar-refractivity contribution in [1.82, 2.24) is 9.55 Å². The monoisotopic (exact) mass is 358 g/mol. The second kappa shape index (κ2) is 5.85. The van der Waals surface area contributed by atoms with Crippen LogP contribution in [-0.2, 0) is 6.54 Å². The zero-order valence-corrected chi connectivity index (χ0v) is 11.6. The van der Waals surface area contributed by atoms with Gasteiger partial charge >= 0.3 is 5.97 Å². The maximum atomic E-state index is 11.1. The summed E-state index contributed by atoms with van der Waals surface area (Å²) in [6.45, 7) is 1.03. The number of carbonyl (C=O) groups is 1. The maximum absolute atomic E-state index is 11.1. The molecule has 0 aliphatic carbocycles. The molecule has 1 aromatic heterocycles. The molecule has 1 heterocycles. The Balaban J connectivity index is 2.02. The molecule has 5 nitrogen and oxygen atoms in total. The van der Waals surface area contributed by atoms with Gasteiger partial charge in [-0.2, -0.15) is 0 Å². The van der Waals surface area contributed by atoms with Crippen molar-refractivity contribution in [3.63, 3.8) is 0 Å². The molecule has 0 spiro atoms. The van der Waals surface area contributed by atoms with Crippen LogP contribution in [0.4, 0.5) is 0 Å². The lowest BCUT2D eigenvalue weighted by molar-refractivity contribution is 0.0692. The Morgan fingerprint density at radius 3 is 3.00 bits per heavy atom. The molecule has 0 fully saturated rings. The van der Waals surface area contributed by atoms with Gasteiger partial charge in [0, 0.05) is 16.0 Å². The van der Waals surface area contributed by atoms with E-state index in [1.807, 2.05) is 16.8 Å². The third kappa shape index (κ3) is 3.22. The Hall–Kier alpha value is -1.57. The average molecular weight is 358 g/mol. The number of imidazole rings is 1. The number of hydrogen-bond acceptors (Lipinski definition) is 3. The molecule has 2 rings (SSSR count). The molecule has 0 aliphatic heterocycles.